The molecule has 0 aliphatic rings. The zero-order chi connectivity index (χ0) is 7.44. The molecule has 0 bridgehead atoms. The van der Waals surface area contributed by atoms with Crippen LogP contribution in [0.1, 0.15) is 13.8 Å². The Kier molecular flexibility index (Phi) is 3.72. The van der Waals surface area contributed by atoms with Gasteiger partial charge in [0.25, 0.3) is 0 Å². The van der Waals surface area contributed by atoms with Crippen LogP contribution in [0.25, 0.3) is 0 Å². The molecule has 0 atom stereocenters. The highest BCUT2D eigenvalue weighted by Gasteiger charge is 1.96. The molecule has 0 N–H and O–H groups in total. The molecule has 0 rings (SSSR count). The molecule has 0 fully saturated rings. The van der Waals surface area contributed by atoms with Crippen molar-refractivity contribution >= 4 is 0 Å². The number of rotatable bonds is 3. The van der Waals surface area contributed by atoms with Crippen LogP contribution < -0.4 is 0 Å². The van der Waals surface area contributed by atoms with E-state index in [0.717, 1.165) is 0 Å². The summed E-state index contributed by atoms with van der Waals surface area (Å²) in [6, 6.07) is 0. The highest BCUT2D eigenvalue weighted by molar-refractivity contribution is 4.36. The number of hydrazine groups is 1. The van der Waals surface area contributed by atoms with Crippen LogP contribution in [0.15, 0.2) is 0 Å². The molecule has 0 radical (unpaired) electrons. The van der Waals surface area contributed by atoms with Gasteiger partial charge in [0.2, 0.25) is 0 Å². The van der Waals surface area contributed by atoms with E-state index in [-0.39, 0.29) is 6.10 Å². The monoisotopic (exact) mass is 133 g/mol. The summed E-state index contributed by atoms with van der Waals surface area (Å²) in [4.78, 5) is 4.72. The van der Waals surface area contributed by atoms with E-state index in [4.69, 9.17) is 4.84 Å². The highest BCUT2D eigenvalue weighted by atomic mass is 16.9. The molecule has 0 saturated carbocycles. The predicted octanol–water partition coefficient (Wildman–Crippen LogP) is 0.603. The van der Waals surface area contributed by atoms with Crippen LogP contribution in [-0.4, -0.2) is 30.5 Å². The van der Waals surface area contributed by atoms with Gasteiger partial charge >= 0.3 is 0 Å². The molecule has 0 spiro atoms. The van der Waals surface area contributed by atoms with E-state index in [1.807, 2.05) is 0 Å². The maximum absolute atomic E-state index is 10.6. The third-order valence-electron chi connectivity index (χ3n) is 0.628. The lowest BCUT2D eigenvalue weighted by Crippen LogP contribution is -2.33. The Hall–Kier alpha value is -0.160. The van der Waals surface area contributed by atoms with Crippen LogP contribution in [-0.2, 0) is 4.84 Å². The molecule has 0 aliphatic carbocycles. The van der Waals surface area contributed by atoms with E-state index in [0.29, 0.717) is 5.34 Å². The maximum atomic E-state index is 10.6. The largest absolute Gasteiger partial charge is 0.748 e. The zero-order valence-corrected chi connectivity index (χ0v) is 6.29. The van der Waals surface area contributed by atoms with Gasteiger partial charge in [-0.1, -0.05) is 0 Å². The van der Waals surface area contributed by atoms with E-state index in [9.17, 15) is 5.21 Å². The molecular weight excluding hydrogens is 120 g/mol. The quantitative estimate of drug-likeness (QED) is 0.528. The Morgan fingerprint density at radius 2 is 1.78 bits per heavy atom. The van der Waals surface area contributed by atoms with Crippen molar-refractivity contribution in [2.75, 3.05) is 14.1 Å². The van der Waals surface area contributed by atoms with E-state index < -0.39 is 0 Å². The van der Waals surface area contributed by atoms with E-state index in [2.05, 4.69) is 0 Å². The normalized spacial score (nSPS) is 12.0. The summed E-state index contributed by atoms with van der Waals surface area (Å²) in [5.74, 6) is 0. The van der Waals surface area contributed by atoms with Gasteiger partial charge < -0.3 is 5.21 Å². The van der Waals surface area contributed by atoms with Gasteiger partial charge in [0, 0.05) is 14.1 Å². The van der Waals surface area contributed by atoms with E-state index in [1.54, 1.807) is 27.9 Å². The van der Waals surface area contributed by atoms with Crippen molar-refractivity contribution < 1.29 is 4.84 Å². The second-order valence-corrected chi connectivity index (χ2v) is 2.24. The van der Waals surface area contributed by atoms with Gasteiger partial charge in [-0.05, 0) is 13.8 Å². The molecule has 0 amide bonds. The van der Waals surface area contributed by atoms with Crippen molar-refractivity contribution in [3.05, 3.63) is 5.21 Å². The first-order valence-electron chi connectivity index (χ1n) is 2.85. The van der Waals surface area contributed by atoms with Gasteiger partial charge in [-0.15, -0.1) is 0 Å². The molecular formula is C5H13N2O2-. The molecule has 0 aliphatic heterocycles. The van der Waals surface area contributed by atoms with E-state index in [1.165, 1.54) is 5.01 Å². The van der Waals surface area contributed by atoms with Gasteiger partial charge in [-0.25, -0.2) is 5.01 Å². The standard InChI is InChI=1S/C5H13N2O2/c1-5(2)9-7(8)6(3)4/h5H,1-4H3/q-1. The van der Waals surface area contributed by atoms with Crippen LogP contribution >= 0.6 is 0 Å². The SMILES string of the molecule is CC(C)ON([O-])N(C)C. The molecule has 56 valence electrons. The Balaban J connectivity index is 3.38. The van der Waals surface area contributed by atoms with Gasteiger partial charge in [-0.3, -0.25) is 4.84 Å². The number of hydrogen-bond donors (Lipinski definition) is 0. The van der Waals surface area contributed by atoms with Crippen LogP contribution in [0.4, 0.5) is 0 Å². The average Bonchev–Trinajstić information content (AvgIpc) is 1.63. The van der Waals surface area contributed by atoms with Crippen molar-refractivity contribution in [3.8, 4) is 0 Å². The maximum Gasteiger partial charge on any atom is 0.0741 e. The molecule has 0 aromatic rings. The van der Waals surface area contributed by atoms with Crippen molar-refractivity contribution in [1.82, 2.24) is 10.3 Å². The molecule has 0 aromatic carbocycles. The number of hydrogen-bond acceptors (Lipinski definition) is 4. The Morgan fingerprint density at radius 1 is 1.33 bits per heavy atom. The fraction of sp³-hybridized carbons (Fsp3) is 1.00. The lowest BCUT2D eigenvalue weighted by molar-refractivity contribution is -0.253. The first-order chi connectivity index (χ1) is 4.04. The summed E-state index contributed by atoms with van der Waals surface area (Å²) in [6.07, 6.45) is -0.0649. The summed E-state index contributed by atoms with van der Waals surface area (Å²) >= 11 is 0. The minimum Gasteiger partial charge on any atom is -0.748 e. The average molecular weight is 133 g/mol. The van der Waals surface area contributed by atoms with Gasteiger partial charge in [-0.2, -0.15) is 5.34 Å². The Morgan fingerprint density at radius 3 is 1.89 bits per heavy atom. The first-order valence-corrected chi connectivity index (χ1v) is 2.85. The van der Waals surface area contributed by atoms with Gasteiger partial charge in [0.05, 0.1) is 6.10 Å². The smallest absolute Gasteiger partial charge is 0.0741 e. The third-order valence-corrected chi connectivity index (χ3v) is 0.628. The molecule has 0 heterocycles. The van der Waals surface area contributed by atoms with Crippen LogP contribution in [0.5, 0.6) is 0 Å². The van der Waals surface area contributed by atoms with Crippen LogP contribution in [0.3, 0.4) is 0 Å². The molecule has 0 saturated heterocycles. The molecule has 0 unspecified atom stereocenters. The molecule has 4 heteroatoms. The minimum absolute atomic E-state index is 0.0649. The fourth-order valence-corrected chi connectivity index (χ4v) is 0.275. The summed E-state index contributed by atoms with van der Waals surface area (Å²) in [5, 5.41) is 12.3. The molecule has 0 aromatic heterocycles. The van der Waals surface area contributed by atoms with E-state index >= 15 is 0 Å². The third kappa shape index (κ3) is 4.35. The van der Waals surface area contributed by atoms with Crippen molar-refractivity contribution in [2.45, 2.75) is 20.0 Å². The van der Waals surface area contributed by atoms with Gasteiger partial charge in [0.1, 0.15) is 0 Å². The number of nitrogens with zero attached hydrogens (tertiary/aromatic N) is 2. The molecule has 4 nitrogen and oxygen atoms in total. The predicted molar refractivity (Wildman–Crippen MR) is 35.1 cm³/mol. The summed E-state index contributed by atoms with van der Waals surface area (Å²) in [7, 11) is 3.24. The minimum atomic E-state index is -0.0649. The van der Waals surface area contributed by atoms with Crippen LogP contribution in [0, 0.1) is 5.21 Å². The first kappa shape index (κ1) is 8.84. The second kappa shape index (κ2) is 3.79. The zero-order valence-electron chi connectivity index (χ0n) is 6.29. The van der Waals surface area contributed by atoms with Crippen molar-refractivity contribution in [1.29, 1.82) is 0 Å². The van der Waals surface area contributed by atoms with Crippen molar-refractivity contribution in [2.24, 2.45) is 0 Å². The summed E-state index contributed by atoms with van der Waals surface area (Å²) in [5.41, 5.74) is 0. The topological polar surface area (TPSA) is 38.8 Å². The molecule has 9 heavy (non-hydrogen) atoms. The summed E-state index contributed by atoms with van der Waals surface area (Å²) in [6.45, 7) is 3.60. The lowest BCUT2D eigenvalue weighted by atomic mass is 10.5. The highest BCUT2D eigenvalue weighted by Crippen LogP contribution is 1.94. The second-order valence-electron chi connectivity index (χ2n) is 2.24. The van der Waals surface area contributed by atoms with Crippen molar-refractivity contribution in [3.63, 3.8) is 0 Å². The van der Waals surface area contributed by atoms with Crippen LogP contribution in [0.2, 0.25) is 0 Å². The summed E-state index contributed by atoms with van der Waals surface area (Å²) < 4.78 is 0. The Labute approximate surface area is 55.5 Å². The Bertz CT molecular complexity index is 75.4. The fourth-order valence-electron chi connectivity index (χ4n) is 0.275. The lowest BCUT2D eigenvalue weighted by Gasteiger charge is -2.34. The van der Waals surface area contributed by atoms with Gasteiger partial charge in [0.15, 0.2) is 0 Å².